The number of fused-ring (bicyclic) bond motifs is 1. The van der Waals surface area contributed by atoms with Crippen molar-refractivity contribution in [1.82, 2.24) is 0 Å². The van der Waals surface area contributed by atoms with Crippen molar-refractivity contribution < 1.29 is 8.42 Å². The molecule has 0 saturated heterocycles. The molecule has 0 atom stereocenters. The van der Waals surface area contributed by atoms with Gasteiger partial charge in [-0.15, -0.1) is 0 Å². The molecule has 0 fully saturated rings. The standard InChI is InChI=1S/C16H17NO2S/c18-20(19,14-9-2-1-3-10-14)15-11-6-8-13-7-4-5-12-17-16(13)15/h1-3,6,8-11,17H,4-5,7,12H2. The van der Waals surface area contributed by atoms with Crippen molar-refractivity contribution >= 4 is 15.5 Å². The molecular formula is C16H17NO2S. The van der Waals surface area contributed by atoms with Crippen LogP contribution in [0.3, 0.4) is 0 Å². The minimum atomic E-state index is -3.46. The van der Waals surface area contributed by atoms with Crippen LogP contribution in [0.4, 0.5) is 5.69 Å². The van der Waals surface area contributed by atoms with Crippen molar-refractivity contribution in [2.45, 2.75) is 29.1 Å². The fourth-order valence-corrected chi connectivity index (χ4v) is 4.09. The summed E-state index contributed by atoms with van der Waals surface area (Å²) in [6.07, 6.45) is 3.09. The summed E-state index contributed by atoms with van der Waals surface area (Å²) in [5.41, 5.74) is 1.88. The molecule has 3 nitrogen and oxygen atoms in total. The number of hydrogen-bond donors (Lipinski definition) is 1. The van der Waals surface area contributed by atoms with E-state index in [1.165, 1.54) is 0 Å². The third-order valence-corrected chi connectivity index (χ3v) is 5.44. The van der Waals surface area contributed by atoms with Crippen LogP contribution < -0.4 is 5.32 Å². The predicted molar refractivity (Wildman–Crippen MR) is 79.8 cm³/mol. The number of aryl methyl sites for hydroxylation is 1. The SMILES string of the molecule is O=S(=O)(c1ccccc1)c1cccc2c1NCCCC2. The molecule has 1 aliphatic heterocycles. The summed E-state index contributed by atoms with van der Waals surface area (Å²) >= 11 is 0. The highest BCUT2D eigenvalue weighted by atomic mass is 32.2. The Morgan fingerprint density at radius 1 is 0.900 bits per heavy atom. The van der Waals surface area contributed by atoms with Gasteiger partial charge in [-0.3, -0.25) is 0 Å². The van der Waals surface area contributed by atoms with Crippen LogP contribution in [-0.2, 0) is 16.3 Å². The van der Waals surface area contributed by atoms with Crippen molar-refractivity contribution in [1.29, 1.82) is 0 Å². The molecule has 20 heavy (non-hydrogen) atoms. The molecule has 3 rings (SSSR count). The fraction of sp³-hybridized carbons (Fsp3) is 0.250. The summed E-state index contributed by atoms with van der Waals surface area (Å²) in [4.78, 5) is 0.738. The van der Waals surface area contributed by atoms with Gasteiger partial charge in [0.2, 0.25) is 9.84 Å². The zero-order valence-electron chi connectivity index (χ0n) is 11.2. The molecule has 0 aliphatic carbocycles. The van der Waals surface area contributed by atoms with Gasteiger partial charge in [-0.2, -0.15) is 0 Å². The van der Waals surface area contributed by atoms with Crippen molar-refractivity contribution in [3.63, 3.8) is 0 Å². The predicted octanol–water partition coefficient (Wildman–Crippen LogP) is 3.27. The Morgan fingerprint density at radius 2 is 1.70 bits per heavy atom. The smallest absolute Gasteiger partial charge is 0.208 e. The maximum atomic E-state index is 12.8. The second kappa shape index (κ2) is 5.29. The topological polar surface area (TPSA) is 46.2 Å². The maximum Gasteiger partial charge on any atom is 0.208 e. The van der Waals surface area contributed by atoms with E-state index in [2.05, 4.69) is 5.32 Å². The van der Waals surface area contributed by atoms with E-state index >= 15 is 0 Å². The number of para-hydroxylation sites is 1. The quantitative estimate of drug-likeness (QED) is 0.922. The van der Waals surface area contributed by atoms with E-state index in [4.69, 9.17) is 0 Å². The van der Waals surface area contributed by atoms with Gasteiger partial charge in [0.1, 0.15) is 0 Å². The van der Waals surface area contributed by atoms with Crippen LogP contribution in [0, 0.1) is 0 Å². The van der Waals surface area contributed by atoms with Gasteiger partial charge in [-0.1, -0.05) is 30.3 Å². The third-order valence-electron chi connectivity index (χ3n) is 3.63. The largest absolute Gasteiger partial charge is 0.384 e. The van der Waals surface area contributed by atoms with E-state index in [1.807, 2.05) is 18.2 Å². The summed E-state index contributed by atoms with van der Waals surface area (Å²) < 4.78 is 25.6. The lowest BCUT2D eigenvalue weighted by Gasteiger charge is -2.14. The summed E-state index contributed by atoms with van der Waals surface area (Å²) in [5.74, 6) is 0. The Kier molecular flexibility index (Phi) is 3.49. The molecule has 0 aromatic heterocycles. The molecule has 2 aromatic rings. The molecule has 0 amide bonds. The molecule has 1 aliphatic rings. The lowest BCUT2D eigenvalue weighted by molar-refractivity contribution is 0.596. The minimum absolute atomic E-state index is 0.347. The van der Waals surface area contributed by atoms with Crippen molar-refractivity contribution in [3.8, 4) is 0 Å². The summed E-state index contributed by atoms with van der Waals surface area (Å²) in [7, 11) is -3.46. The Bertz CT molecular complexity index is 709. The zero-order valence-corrected chi connectivity index (χ0v) is 12.0. The molecular weight excluding hydrogens is 270 g/mol. The molecule has 0 bridgehead atoms. The van der Waals surface area contributed by atoms with Crippen LogP contribution in [0.5, 0.6) is 0 Å². The van der Waals surface area contributed by atoms with E-state index in [1.54, 1.807) is 30.3 Å². The molecule has 0 spiro atoms. The first-order chi connectivity index (χ1) is 9.69. The molecule has 0 radical (unpaired) electrons. The zero-order chi connectivity index (χ0) is 14.0. The number of rotatable bonds is 2. The van der Waals surface area contributed by atoms with E-state index in [0.29, 0.717) is 9.79 Å². The average molecular weight is 287 g/mol. The van der Waals surface area contributed by atoms with E-state index in [-0.39, 0.29) is 0 Å². The van der Waals surface area contributed by atoms with Crippen molar-refractivity contribution in [3.05, 3.63) is 54.1 Å². The van der Waals surface area contributed by atoms with Crippen LogP contribution in [0.2, 0.25) is 0 Å². The number of sulfone groups is 1. The van der Waals surface area contributed by atoms with Gasteiger partial charge >= 0.3 is 0 Å². The van der Waals surface area contributed by atoms with Gasteiger partial charge in [-0.25, -0.2) is 8.42 Å². The van der Waals surface area contributed by atoms with E-state index < -0.39 is 9.84 Å². The highest BCUT2D eigenvalue weighted by Gasteiger charge is 2.23. The third kappa shape index (κ3) is 2.31. The molecule has 104 valence electrons. The van der Waals surface area contributed by atoms with Gasteiger partial charge in [0.15, 0.2) is 0 Å². The Morgan fingerprint density at radius 3 is 2.50 bits per heavy atom. The van der Waals surface area contributed by atoms with Crippen LogP contribution in [0.15, 0.2) is 58.3 Å². The Labute approximate surface area is 119 Å². The molecule has 1 N–H and O–H groups in total. The molecule has 0 unspecified atom stereocenters. The maximum absolute atomic E-state index is 12.8. The van der Waals surface area contributed by atoms with Gasteiger partial charge in [0, 0.05) is 6.54 Å². The van der Waals surface area contributed by atoms with Gasteiger partial charge in [0.05, 0.1) is 15.5 Å². The summed E-state index contributed by atoms with van der Waals surface area (Å²) in [6, 6.07) is 14.2. The monoisotopic (exact) mass is 287 g/mol. The first-order valence-corrected chi connectivity index (χ1v) is 8.34. The lowest BCUT2D eigenvalue weighted by Crippen LogP contribution is -2.09. The lowest BCUT2D eigenvalue weighted by atomic mass is 10.1. The van der Waals surface area contributed by atoms with Crippen molar-refractivity contribution in [2.24, 2.45) is 0 Å². The number of nitrogens with one attached hydrogen (secondary N) is 1. The normalized spacial score (nSPS) is 15.0. The van der Waals surface area contributed by atoms with Crippen LogP contribution in [-0.4, -0.2) is 15.0 Å². The first kappa shape index (κ1) is 13.2. The molecule has 0 saturated carbocycles. The minimum Gasteiger partial charge on any atom is -0.384 e. The molecule has 4 heteroatoms. The summed E-state index contributed by atoms with van der Waals surface area (Å²) in [5, 5.41) is 3.29. The number of benzene rings is 2. The van der Waals surface area contributed by atoms with Gasteiger partial charge in [0.25, 0.3) is 0 Å². The Balaban J connectivity index is 2.16. The highest BCUT2D eigenvalue weighted by molar-refractivity contribution is 7.91. The van der Waals surface area contributed by atoms with Crippen molar-refractivity contribution in [2.75, 3.05) is 11.9 Å². The summed E-state index contributed by atoms with van der Waals surface area (Å²) in [6.45, 7) is 0.828. The van der Waals surface area contributed by atoms with Crippen LogP contribution in [0.1, 0.15) is 18.4 Å². The van der Waals surface area contributed by atoms with Crippen LogP contribution in [0.25, 0.3) is 0 Å². The molecule has 2 aromatic carbocycles. The highest BCUT2D eigenvalue weighted by Crippen LogP contribution is 2.32. The molecule has 1 heterocycles. The second-order valence-corrected chi connectivity index (χ2v) is 6.91. The van der Waals surface area contributed by atoms with Gasteiger partial charge in [-0.05, 0) is 43.0 Å². The van der Waals surface area contributed by atoms with E-state index in [9.17, 15) is 8.42 Å². The fourth-order valence-electron chi connectivity index (χ4n) is 2.59. The Hall–Kier alpha value is -1.81. The number of hydrogen-bond acceptors (Lipinski definition) is 3. The number of anilines is 1. The average Bonchev–Trinajstić information content (AvgIpc) is 2.73. The second-order valence-electron chi connectivity index (χ2n) is 4.99. The van der Waals surface area contributed by atoms with Gasteiger partial charge < -0.3 is 5.32 Å². The first-order valence-electron chi connectivity index (χ1n) is 6.85. The van der Waals surface area contributed by atoms with Crippen LogP contribution >= 0.6 is 0 Å². The van der Waals surface area contributed by atoms with E-state index in [0.717, 1.165) is 37.1 Å².